The molecule has 1 aliphatic heterocycles. The van der Waals surface area contributed by atoms with E-state index in [2.05, 4.69) is 71.0 Å². The summed E-state index contributed by atoms with van der Waals surface area (Å²) in [6.45, 7) is 6.42. The molecule has 0 spiro atoms. The topological polar surface area (TPSA) is 123 Å². The molecule has 1 N–H and O–H groups in total. The third-order valence-electron chi connectivity index (χ3n) is 7.26. The van der Waals surface area contributed by atoms with Gasteiger partial charge in [0.2, 0.25) is 0 Å². The molecular weight excluding hydrogens is 606 g/mol. The highest BCUT2D eigenvalue weighted by molar-refractivity contribution is 9.10. The van der Waals surface area contributed by atoms with E-state index in [1.165, 1.54) is 7.11 Å². The van der Waals surface area contributed by atoms with Crippen LogP contribution in [-0.2, 0) is 18.6 Å². The van der Waals surface area contributed by atoms with Crippen molar-refractivity contribution < 1.29 is 28.5 Å². The molecule has 11 heteroatoms. The lowest BCUT2D eigenvalue weighted by Crippen LogP contribution is -2.68. The van der Waals surface area contributed by atoms with Crippen molar-refractivity contribution in [1.82, 2.24) is 0 Å². The Bertz CT molecular complexity index is 1310. The number of carbonyl (C=O) groups is 1. The highest BCUT2D eigenvalue weighted by atomic mass is 79.9. The molecule has 1 fully saturated rings. The van der Waals surface area contributed by atoms with Crippen molar-refractivity contribution >= 4 is 40.6 Å². The molecular formula is C30H34BrN3O6Si. The summed E-state index contributed by atoms with van der Waals surface area (Å²) >= 11 is 3.35. The number of hydrogen-bond acceptors (Lipinski definition) is 7. The second-order valence-electron chi connectivity index (χ2n) is 10.8. The molecule has 0 aliphatic carbocycles. The first kappa shape index (κ1) is 30.9. The van der Waals surface area contributed by atoms with E-state index in [1.54, 1.807) is 24.3 Å². The number of aliphatic hydroxyl groups is 1. The lowest BCUT2D eigenvalue weighted by atomic mass is 9.97. The predicted octanol–water partition coefficient (Wildman–Crippen LogP) is 4.96. The van der Waals surface area contributed by atoms with Crippen LogP contribution in [0.5, 0.6) is 0 Å². The van der Waals surface area contributed by atoms with Crippen molar-refractivity contribution in [3.8, 4) is 0 Å². The number of esters is 1. The van der Waals surface area contributed by atoms with Crippen molar-refractivity contribution in [1.29, 1.82) is 0 Å². The SMILES string of the molecule is CO[C@H]1O[C@H](CO[Si](c2ccccc2)(c2ccccc2)C(C)(C)C)[C@@H](O)[C@H](OC(=O)c2ccc(Br)cc2)[C@H]1N=[N+]=[N-]. The Morgan fingerprint density at radius 1 is 1.02 bits per heavy atom. The zero-order valence-corrected chi connectivity index (χ0v) is 26.0. The zero-order valence-electron chi connectivity index (χ0n) is 23.4. The van der Waals surface area contributed by atoms with Crippen LogP contribution in [0.1, 0.15) is 31.1 Å². The van der Waals surface area contributed by atoms with E-state index in [0.29, 0.717) is 0 Å². The van der Waals surface area contributed by atoms with Gasteiger partial charge in [-0.3, -0.25) is 0 Å². The lowest BCUT2D eigenvalue weighted by molar-refractivity contribution is -0.256. The molecule has 9 nitrogen and oxygen atoms in total. The Hall–Kier alpha value is -3.02. The monoisotopic (exact) mass is 639 g/mol. The first-order chi connectivity index (χ1) is 19.6. The number of nitrogens with zero attached hydrogens (tertiary/aromatic N) is 3. The van der Waals surface area contributed by atoms with Gasteiger partial charge in [-0.2, -0.15) is 0 Å². The first-order valence-electron chi connectivity index (χ1n) is 13.2. The van der Waals surface area contributed by atoms with Crippen LogP contribution in [0.25, 0.3) is 10.4 Å². The van der Waals surface area contributed by atoms with Crippen LogP contribution in [0.3, 0.4) is 0 Å². The second kappa shape index (κ2) is 13.3. The molecule has 0 saturated carbocycles. The number of hydrogen-bond donors (Lipinski definition) is 1. The Balaban J connectivity index is 1.69. The maximum Gasteiger partial charge on any atom is 0.338 e. The van der Waals surface area contributed by atoms with Crippen molar-refractivity contribution in [2.24, 2.45) is 5.11 Å². The van der Waals surface area contributed by atoms with E-state index in [-0.39, 0.29) is 17.2 Å². The Kier molecular flexibility index (Phi) is 10.0. The summed E-state index contributed by atoms with van der Waals surface area (Å²) in [6, 6.07) is 25.7. The summed E-state index contributed by atoms with van der Waals surface area (Å²) in [5, 5.41) is 17.1. The molecule has 1 saturated heterocycles. The van der Waals surface area contributed by atoms with Crippen LogP contribution in [0.2, 0.25) is 5.04 Å². The third-order valence-corrected chi connectivity index (χ3v) is 12.8. The number of halogens is 1. The minimum atomic E-state index is -2.97. The van der Waals surface area contributed by atoms with Crippen LogP contribution in [-0.4, -0.2) is 63.8 Å². The fourth-order valence-electron chi connectivity index (χ4n) is 5.30. The Morgan fingerprint density at radius 2 is 1.59 bits per heavy atom. The van der Waals surface area contributed by atoms with Crippen molar-refractivity contribution in [3.05, 3.63) is 105 Å². The van der Waals surface area contributed by atoms with Gasteiger partial charge in [0.1, 0.15) is 24.4 Å². The Labute approximate surface area is 249 Å². The standard InChI is InChI=1S/C30H34BrN3O6Si/c1-30(2,3)41(22-11-7-5-8-12-22,23-13-9-6-10-14-23)38-19-24-26(35)27(25(33-34-32)29(37-4)39-24)40-28(36)20-15-17-21(31)18-16-20/h5-18,24-27,29,35H,19H2,1-4H3/t24-,25-,26-,27-,29+/m1/s1. The van der Waals surface area contributed by atoms with Crippen molar-refractivity contribution in [2.75, 3.05) is 13.7 Å². The van der Waals surface area contributed by atoms with E-state index >= 15 is 0 Å². The van der Waals surface area contributed by atoms with Gasteiger partial charge >= 0.3 is 5.97 Å². The van der Waals surface area contributed by atoms with Crippen LogP contribution in [0.4, 0.5) is 0 Å². The molecule has 41 heavy (non-hydrogen) atoms. The fraction of sp³-hybridized carbons (Fsp3) is 0.367. The molecule has 3 aromatic carbocycles. The summed E-state index contributed by atoms with van der Waals surface area (Å²) in [7, 11) is -1.57. The fourth-order valence-corrected chi connectivity index (χ4v) is 10.1. The normalized spacial score (nSPS) is 22.9. The third kappa shape index (κ3) is 6.57. The highest BCUT2D eigenvalue weighted by Gasteiger charge is 2.53. The second-order valence-corrected chi connectivity index (χ2v) is 16.0. The van der Waals surface area contributed by atoms with E-state index in [1.807, 2.05) is 36.4 Å². The van der Waals surface area contributed by atoms with E-state index in [4.69, 9.17) is 18.6 Å². The minimum Gasteiger partial charge on any atom is -0.455 e. The molecule has 0 amide bonds. The molecule has 0 radical (unpaired) electrons. The van der Waals surface area contributed by atoms with Crippen molar-refractivity contribution in [2.45, 2.75) is 56.5 Å². The number of aliphatic hydroxyl groups excluding tert-OH is 1. The Morgan fingerprint density at radius 3 is 2.07 bits per heavy atom. The molecule has 1 heterocycles. The number of carbonyl (C=O) groups excluding carboxylic acids is 1. The summed E-state index contributed by atoms with van der Waals surface area (Å²) in [4.78, 5) is 15.9. The van der Waals surface area contributed by atoms with Gasteiger partial charge in [-0.25, -0.2) is 4.79 Å². The van der Waals surface area contributed by atoms with E-state index in [0.717, 1.165) is 14.8 Å². The summed E-state index contributed by atoms with van der Waals surface area (Å²) in [5.74, 6) is -0.678. The first-order valence-corrected chi connectivity index (χ1v) is 15.9. The van der Waals surface area contributed by atoms with Gasteiger partial charge < -0.3 is 23.7 Å². The number of benzene rings is 3. The van der Waals surface area contributed by atoms with Crippen LogP contribution < -0.4 is 10.4 Å². The molecule has 1 aliphatic rings. The minimum absolute atomic E-state index is 0.0242. The van der Waals surface area contributed by atoms with Gasteiger partial charge in [0, 0.05) is 16.5 Å². The van der Waals surface area contributed by atoms with E-state index < -0.39 is 44.9 Å². The molecule has 5 atom stereocenters. The number of methoxy groups -OCH3 is 1. The number of rotatable bonds is 9. The van der Waals surface area contributed by atoms with Gasteiger partial charge in [-0.05, 0) is 45.2 Å². The average Bonchev–Trinajstić information content (AvgIpc) is 2.97. The molecule has 0 aromatic heterocycles. The van der Waals surface area contributed by atoms with Gasteiger partial charge in [-0.1, -0.05) is 102 Å². The number of azide groups is 1. The lowest BCUT2D eigenvalue weighted by Gasteiger charge is -2.46. The summed E-state index contributed by atoms with van der Waals surface area (Å²) in [5.41, 5.74) is 9.51. The van der Waals surface area contributed by atoms with Crippen LogP contribution in [0, 0.1) is 0 Å². The maximum atomic E-state index is 13.1. The summed E-state index contributed by atoms with van der Waals surface area (Å²) in [6.07, 6.45) is -4.64. The average molecular weight is 641 g/mol. The predicted molar refractivity (Wildman–Crippen MR) is 162 cm³/mol. The van der Waals surface area contributed by atoms with Crippen LogP contribution in [0.15, 0.2) is 94.5 Å². The molecule has 4 rings (SSSR count). The highest BCUT2D eigenvalue weighted by Crippen LogP contribution is 2.38. The van der Waals surface area contributed by atoms with Gasteiger partial charge in [0.05, 0.1) is 12.2 Å². The smallest absolute Gasteiger partial charge is 0.338 e. The molecule has 3 aromatic rings. The van der Waals surface area contributed by atoms with Gasteiger partial charge in [-0.15, -0.1) is 0 Å². The van der Waals surface area contributed by atoms with E-state index in [9.17, 15) is 15.4 Å². The number of ether oxygens (including phenoxy) is 3. The zero-order chi connectivity index (χ0) is 29.6. The molecule has 0 bridgehead atoms. The molecule has 0 unspecified atom stereocenters. The quantitative estimate of drug-likeness (QED) is 0.116. The van der Waals surface area contributed by atoms with Gasteiger partial charge in [0.25, 0.3) is 8.32 Å². The van der Waals surface area contributed by atoms with Gasteiger partial charge in [0.15, 0.2) is 6.29 Å². The largest absolute Gasteiger partial charge is 0.455 e. The molecule has 216 valence electrons. The summed E-state index contributed by atoms with van der Waals surface area (Å²) < 4.78 is 25.1. The maximum absolute atomic E-state index is 13.1. The van der Waals surface area contributed by atoms with Crippen molar-refractivity contribution in [3.63, 3.8) is 0 Å². The van der Waals surface area contributed by atoms with Crippen LogP contribution >= 0.6 is 15.9 Å².